The number of aryl methyl sites for hydroxylation is 1. The van der Waals surface area contributed by atoms with Crippen LogP contribution in [0.2, 0.25) is 0 Å². The Labute approximate surface area is 133 Å². The maximum absolute atomic E-state index is 12.7. The van der Waals surface area contributed by atoms with E-state index in [9.17, 15) is 18.5 Å². The number of methoxy groups -OCH3 is 1. The molecule has 1 aromatic carbocycles. The van der Waals surface area contributed by atoms with Crippen LogP contribution >= 0.6 is 0 Å². The first-order valence-electron chi connectivity index (χ1n) is 6.59. The largest absolute Gasteiger partial charge is 0.495 e. The number of rotatable bonds is 6. The Kier molecular flexibility index (Phi) is 4.71. The minimum atomic E-state index is -3.87. The lowest BCUT2D eigenvalue weighted by molar-refractivity contribution is -0.385. The molecule has 0 bridgehead atoms. The molecule has 1 aromatic heterocycles. The van der Waals surface area contributed by atoms with Crippen LogP contribution in [0.4, 0.5) is 5.69 Å². The van der Waals surface area contributed by atoms with Crippen molar-refractivity contribution in [1.29, 1.82) is 0 Å². The summed E-state index contributed by atoms with van der Waals surface area (Å²) in [4.78, 5) is 10.0. The zero-order chi connectivity index (χ0) is 17.2. The first kappa shape index (κ1) is 17.0. The van der Waals surface area contributed by atoms with Crippen molar-refractivity contribution in [1.82, 2.24) is 4.31 Å². The van der Waals surface area contributed by atoms with Crippen molar-refractivity contribution in [2.75, 3.05) is 14.2 Å². The Bertz CT molecular complexity index is 828. The van der Waals surface area contributed by atoms with E-state index in [1.165, 1.54) is 26.5 Å². The van der Waals surface area contributed by atoms with Crippen LogP contribution in [-0.4, -0.2) is 31.8 Å². The van der Waals surface area contributed by atoms with Crippen LogP contribution in [0.15, 0.2) is 39.8 Å². The third-order valence-corrected chi connectivity index (χ3v) is 5.25. The molecule has 0 saturated heterocycles. The van der Waals surface area contributed by atoms with Gasteiger partial charge in [0.1, 0.15) is 16.4 Å². The Hall–Kier alpha value is -2.39. The average molecular weight is 340 g/mol. The standard InChI is InChI=1S/C14H16N2O6S/c1-10-11(6-7-22-10)9-15(2)23(19,20)14-5-4-12(16(17)18)8-13(14)21-3/h4-8H,9H2,1-3H3. The van der Waals surface area contributed by atoms with Gasteiger partial charge in [-0.05, 0) is 19.1 Å². The number of sulfonamides is 1. The summed E-state index contributed by atoms with van der Waals surface area (Å²) >= 11 is 0. The van der Waals surface area contributed by atoms with Crippen LogP contribution in [0.25, 0.3) is 0 Å². The first-order valence-corrected chi connectivity index (χ1v) is 8.03. The number of hydrogen-bond acceptors (Lipinski definition) is 6. The molecule has 124 valence electrons. The average Bonchev–Trinajstić information content (AvgIpc) is 2.91. The SMILES string of the molecule is COc1cc([N+](=O)[O-])ccc1S(=O)(=O)N(C)Cc1ccoc1C. The van der Waals surface area contributed by atoms with Gasteiger partial charge in [0.15, 0.2) is 0 Å². The van der Waals surface area contributed by atoms with Crippen LogP contribution in [0.1, 0.15) is 11.3 Å². The number of hydrogen-bond donors (Lipinski definition) is 0. The number of ether oxygens (including phenoxy) is 1. The summed E-state index contributed by atoms with van der Waals surface area (Å²) in [5.74, 6) is 0.553. The highest BCUT2D eigenvalue weighted by molar-refractivity contribution is 7.89. The molecule has 0 radical (unpaired) electrons. The lowest BCUT2D eigenvalue weighted by atomic mass is 10.3. The van der Waals surface area contributed by atoms with E-state index in [-0.39, 0.29) is 22.9 Å². The highest BCUT2D eigenvalue weighted by Crippen LogP contribution is 2.30. The van der Waals surface area contributed by atoms with E-state index in [0.29, 0.717) is 5.76 Å². The summed E-state index contributed by atoms with van der Waals surface area (Å²) in [5.41, 5.74) is 0.492. The Morgan fingerprint density at radius 2 is 2.04 bits per heavy atom. The van der Waals surface area contributed by atoms with Gasteiger partial charge in [-0.15, -0.1) is 0 Å². The summed E-state index contributed by atoms with van der Waals surface area (Å²) in [7, 11) is -1.19. The van der Waals surface area contributed by atoms with E-state index in [2.05, 4.69) is 0 Å². The van der Waals surface area contributed by atoms with E-state index in [1.807, 2.05) is 0 Å². The van der Waals surface area contributed by atoms with E-state index in [1.54, 1.807) is 13.0 Å². The Morgan fingerprint density at radius 3 is 2.57 bits per heavy atom. The Balaban J connectivity index is 2.39. The maximum atomic E-state index is 12.7. The predicted molar refractivity (Wildman–Crippen MR) is 81.7 cm³/mol. The van der Waals surface area contributed by atoms with Crippen molar-refractivity contribution < 1.29 is 22.5 Å². The molecule has 2 rings (SSSR count). The normalized spacial score (nSPS) is 11.7. The van der Waals surface area contributed by atoms with Crippen LogP contribution in [0.3, 0.4) is 0 Å². The van der Waals surface area contributed by atoms with Crippen molar-refractivity contribution in [3.05, 3.63) is 52.0 Å². The Morgan fingerprint density at radius 1 is 1.35 bits per heavy atom. The van der Waals surface area contributed by atoms with Crippen molar-refractivity contribution in [3.8, 4) is 5.75 Å². The van der Waals surface area contributed by atoms with Gasteiger partial charge in [0.2, 0.25) is 10.0 Å². The summed E-state index contributed by atoms with van der Waals surface area (Å²) in [6, 6.07) is 5.08. The van der Waals surface area contributed by atoms with Crippen molar-refractivity contribution in [2.45, 2.75) is 18.4 Å². The molecule has 0 unspecified atom stereocenters. The molecule has 0 aliphatic rings. The van der Waals surface area contributed by atoms with Gasteiger partial charge in [-0.1, -0.05) is 0 Å². The second kappa shape index (κ2) is 6.39. The molecule has 2 aromatic rings. The minimum absolute atomic E-state index is 0.0741. The van der Waals surface area contributed by atoms with Gasteiger partial charge in [0.05, 0.1) is 24.4 Å². The summed E-state index contributed by atoms with van der Waals surface area (Å²) in [5, 5.41) is 10.8. The van der Waals surface area contributed by atoms with Crippen LogP contribution in [0, 0.1) is 17.0 Å². The predicted octanol–water partition coefficient (Wildman–Crippen LogP) is 2.33. The van der Waals surface area contributed by atoms with Crippen molar-refractivity contribution >= 4 is 15.7 Å². The van der Waals surface area contributed by atoms with E-state index in [4.69, 9.17) is 9.15 Å². The van der Waals surface area contributed by atoms with Gasteiger partial charge in [-0.3, -0.25) is 10.1 Å². The van der Waals surface area contributed by atoms with Gasteiger partial charge in [0, 0.05) is 25.2 Å². The van der Waals surface area contributed by atoms with Crippen LogP contribution in [0.5, 0.6) is 5.75 Å². The number of furan rings is 1. The lowest BCUT2D eigenvalue weighted by Crippen LogP contribution is -2.27. The number of nitrogens with zero attached hydrogens (tertiary/aromatic N) is 2. The monoisotopic (exact) mass is 340 g/mol. The molecular weight excluding hydrogens is 324 g/mol. The second-order valence-corrected chi connectivity index (χ2v) is 6.87. The zero-order valence-electron chi connectivity index (χ0n) is 12.8. The molecule has 0 aliphatic heterocycles. The molecule has 0 atom stereocenters. The number of non-ortho nitro benzene ring substituents is 1. The highest BCUT2D eigenvalue weighted by Gasteiger charge is 2.27. The summed E-state index contributed by atoms with van der Waals surface area (Å²) in [6.07, 6.45) is 1.48. The second-order valence-electron chi connectivity index (χ2n) is 4.86. The van der Waals surface area contributed by atoms with Gasteiger partial charge in [0.25, 0.3) is 5.69 Å². The zero-order valence-corrected chi connectivity index (χ0v) is 13.7. The van der Waals surface area contributed by atoms with E-state index >= 15 is 0 Å². The number of nitro benzene ring substituents is 1. The van der Waals surface area contributed by atoms with Crippen molar-refractivity contribution in [3.63, 3.8) is 0 Å². The molecule has 0 N–H and O–H groups in total. The van der Waals surface area contributed by atoms with Crippen molar-refractivity contribution in [2.24, 2.45) is 0 Å². The summed E-state index contributed by atoms with van der Waals surface area (Å²) < 4.78 is 36.6. The molecule has 0 saturated carbocycles. The molecule has 0 spiro atoms. The fourth-order valence-electron chi connectivity index (χ4n) is 2.05. The van der Waals surface area contributed by atoms with E-state index < -0.39 is 14.9 Å². The van der Waals surface area contributed by atoms with Crippen LogP contribution < -0.4 is 4.74 Å². The molecular formula is C14H16N2O6S. The summed E-state index contributed by atoms with van der Waals surface area (Å²) in [6.45, 7) is 1.85. The molecule has 8 nitrogen and oxygen atoms in total. The molecule has 23 heavy (non-hydrogen) atoms. The molecule has 1 heterocycles. The molecule has 0 fully saturated rings. The highest BCUT2D eigenvalue weighted by atomic mass is 32.2. The molecule has 0 amide bonds. The molecule has 9 heteroatoms. The van der Waals surface area contributed by atoms with Gasteiger partial charge >= 0.3 is 0 Å². The first-order chi connectivity index (χ1) is 10.8. The third kappa shape index (κ3) is 3.35. The minimum Gasteiger partial charge on any atom is -0.495 e. The van der Waals surface area contributed by atoms with Gasteiger partial charge < -0.3 is 9.15 Å². The smallest absolute Gasteiger partial charge is 0.273 e. The van der Waals surface area contributed by atoms with Gasteiger partial charge in [-0.25, -0.2) is 8.42 Å². The quantitative estimate of drug-likeness (QED) is 0.590. The topological polar surface area (TPSA) is 103 Å². The van der Waals surface area contributed by atoms with Crippen LogP contribution in [-0.2, 0) is 16.6 Å². The fraction of sp³-hybridized carbons (Fsp3) is 0.286. The fourth-order valence-corrected chi connectivity index (χ4v) is 3.33. The molecule has 0 aliphatic carbocycles. The van der Waals surface area contributed by atoms with E-state index in [0.717, 1.165) is 22.0 Å². The number of nitro groups is 1. The van der Waals surface area contributed by atoms with Gasteiger partial charge in [-0.2, -0.15) is 4.31 Å². The lowest BCUT2D eigenvalue weighted by Gasteiger charge is -2.18. The maximum Gasteiger partial charge on any atom is 0.273 e. The number of benzene rings is 1. The third-order valence-electron chi connectivity index (χ3n) is 3.41.